The van der Waals surface area contributed by atoms with Crippen molar-refractivity contribution in [2.24, 2.45) is 5.73 Å². The molecule has 94 valence electrons. The van der Waals surface area contributed by atoms with Crippen LogP contribution in [0.2, 0.25) is 0 Å². The van der Waals surface area contributed by atoms with Crippen LogP contribution in [0.4, 0.5) is 0 Å². The molecule has 0 fully saturated rings. The molecule has 0 aliphatic heterocycles. The molecule has 0 amide bonds. The zero-order valence-corrected chi connectivity index (χ0v) is 12.5. The minimum Gasteiger partial charge on any atom is -0.328 e. The first-order valence-electron chi connectivity index (χ1n) is 5.77. The molecule has 1 unspecified atom stereocenters. The van der Waals surface area contributed by atoms with Gasteiger partial charge in [0.25, 0.3) is 0 Å². The van der Waals surface area contributed by atoms with Gasteiger partial charge in [0.2, 0.25) is 0 Å². The van der Waals surface area contributed by atoms with Crippen LogP contribution in [-0.4, -0.2) is 11.0 Å². The minimum atomic E-state index is 0.169. The number of nitrogens with zero attached hydrogens (tertiary/aromatic N) is 1. The van der Waals surface area contributed by atoms with Crippen molar-refractivity contribution in [3.05, 3.63) is 52.8 Å². The van der Waals surface area contributed by atoms with Crippen LogP contribution in [-0.2, 0) is 6.42 Å². The van der Waals surface area contributed by atoms with Crippen molar-refractivity contribution < 1.29 is 0 Å². The van der Waals surface area contributed by atoms with Crippen LogP contribution >= 0.6 is 27.7 Å². The largest absolute Gasteiger partial charge is 0.328 e. The zero-order chi connectivity index (χ0) is 13.0. The Kier molecular flexibility index (Phi) is 4.80. The average Bonchev–Trinajstić information content (AvgIpc) is 2.33. The summed E-state index contributed by atoms with van der Waals surface area (Å²) in [6.07, 6.45) is 4.51. The normalized spacial score (nSPS) is 12.4. The summed E-state index contributed by atoms with van der Waals surface area (Å²) in [6, 6.07) is 10.5. The molecule has 1 aromatic carbocycles. The molecule has 0 spiro atoms. The van der Waals surface area contributed by atoms with Crippen LogP contribution in [0, 0.1) is 0 Å². The molecule has 0 aliphatic rings. The topological polar surface area (TPSA) is 38.9 Å². The van der Waals surface area contributed by atoms with E-state index in [9.17, 15) is 0 Å². The predicted octanol–water partition coefficient (Wildman–Crippen LogP) is 3.89. The highest BCUT2D eigenvalue weighted by atomic mass is 79.9. The maximum absolute atomic E-state index is 5.89. The van der Waals surface area contributed by atoms with E-state index in [2.05, 4.69) is 39.1 Å². The molecule has 1 aromatic heterocycles. The summed E-state index contributed by atoms with van der Waals surface area (Å²) in [5.74, 6) is 0. The van der Waals surface area contributed by atoms with E-state index < -0.39 is 0 Å². The van der Waals surface area contributed by atoms with Gasteiger partial charge in [0.1, 0.15) is 0 Å². The second kappa shape index (κ2) is 6.36. The third kappa shape index (κ3) is 3.83. The van der Waals surface area contributed by atoms with Crippen molar-refractivity contribution >= 4 is 27.7 Å². The summed E-state index contributed by atoms with van der Waals surface area (Å²) in [5.41, 5.74) is 7.18. The number of halogens is 1. The number of hydrogen-bond acceptors (Lipinski definition) is 3. The van der Waals surface area contributed by atoms with Crippen LogP contribution in [0.5, 0.6) is 0 Å². The van der Waals surface area contributed by atoms with Crippen molar-refractivity contribution in [1.82, 2.24) is 4.98 Å². The van der Waals surface area contributed by atoms with Gasteiger partial charge in [-0.15, -0.1) is 0 Å². The van der Waals surface area contributed by atoms with Gasteiger partial charge in [-0.3, -0.25) is 4.98 Å². The molecule has 2 aromatic rings. The van der Waals surface area contributed by atoms with Gasteiger partial charge in [-0.05, 0) is 43.2 Å². The fraction of sp³-hybridized carbons (Fsp3) is 0.214. The molecule has 2 rings (SSSR count). The molecule has 1 heterocycles. The number of aromatic nitrogens is 1. The molecule has 2 nitrogen and oxygen atoms in total. The number of nitrogens with two attached hydrogens (primary N) is 1. The first-order valence-corrected chi connectivity index (χ1v) is 7.38. The molecule has 1 atom stereocenters. The Bertz CT molecular complexity index is 514. The van der Waals surface area contributed by atoms with Crippen LogP contribution in [0.3, 0.4) is 0 Å². The third-order valence-electron chi connectivity index (χ3n) is 2.45. The minimum absolute atomic E-state index is 0.169. The Morgan fingerprint density at radius 2 is 2.00 bits per heavy atom. The van der Waals surface area contributed by atoms with Gasteiger partial charge in [-0.2, -0.15) is 0 Å². The van der Waals surface area contributed by atoms with Crippen LogP contribution < -0.4 is 5.73 Å². The van der Waals surface area contributed by atoms with E-state index in [4.69, 9.17) is 5.73 Å². The summed E-state index contributed by atoms with van der Waals surface area (Å²) in [6.45, 7) is 2.03. The Labute approximate surface area is 120 Å². The van der Waals surface area contributed by atoms with E-state index >= 15 is 0 Å². The fourth-order valence-corrected chi connectivity index (χ4v) is 3.16. The molecule has 0 saturated heterocycles. The van der Waals surface area contributed by atoms with E-state index in [1.165, 1.54) is 15.4 Å². The van der Waals surface area contributed by atoms with Gasteiger partial charge in [-0.25, -0.2) is 0 Å². The lowest BCUT2D eigenvalue weighted by Crippen LogP contribution is -2.18. The molecule has 18 heavy (non-hydrogen) atoms. The molecular formula is C14H15BrN2S. The molecule has 0 radical (unpaired) electrons. The van der Waals surface area contributed by atoms with Crippen LogP contribution in [0.25, 0.3) is 0 Å². The van der Waals surface area contributed by atoms with Crippen LogP contribution in [0.1, 0.15) is 12.5 Å². The lowest BCUT2D eigenvalue weighted by atomic mass is 10.1. The summed E-state index contributed by atoms with van der Waals surface area (Å²) in [7, 11) is 0. The lowest BCUT2D eigenvalue weighted by Gasteiger charge is -2.11. The van der Waals surface area contributed by atoms with Crippen molar-refractivity contribution in [3.8, 4) is 0 Å². The second-order valence-corrected chi connectivity index (χ2v) is 6.25. The SMILES string of the molecule is CC(N)Cc1ccc(Br)cc1Sc1ccncc1. The molecule has 4 heteroatoms. The molecule has 0 saturated carbocycles. The second-order valence-electron chi connectivity index (χ2n) is 4.22. The lowest BCUT2D eigenvalue weighted by molar-refractivity contribution is 0.729. The number of benzene rings is 1. The van der Waals surface area contributed by atoms with Gasteiger partial charge in [0, 0.05) is 32.7 Å². The summed E-state index contributed by atoms with van der Waals surface area (Å²) in [5, 5.41) is 0. The van der Waals surface area contributed by atoms with Gasteiger partial charge in [0.15, 0.2) is 0 Å². The molecule has 2 N–H and O–H groups in total. The van der Waals surface area contributed by atoms with Gasteiger partial charge in [-0.1, -0.05) is 33.8 Å². The maximum Gasteiger partial charge on any atom is 0.0279 e. The van der Waals surface area contributed by atoms with Gasteiger partial charge >= 0.3 is 0 Å². The van der Waals surface area contributed by atoms with E-state index in [-0.39, 0.29) is 6.04 Å². The fourth-order valence-electron chi connectivity index (χ4n) is 1.67. The Hall–Kier alpha value is -0.840. The van der Waals surface area contributed by atoms with Gasteiger partial charge < -0.3 is 5.73 Å². The maximum atomic E-state index is 5.89. The van der Waals surface area contributed by atoms with E-state index in [1.54, 1.807) is 11.8 Å². The smallest absolute Gasteiger partial charge is 0.0279 e. The zero-order valence-electron chi connectivity index (χ0n) is 10.1. The highest BCUT2D eigenvalue weighted by molar-refractivity contribution is 9.10. The Morgan fingerprint density at radius 1 is 1.28 bits per heavy atom. The summed E-state index contributed by atoms with van der Waals surface area (Å²) < 4.78 is 1.09. The first kappa shape index (κ1) is 13.6. The highest BCUT2D eigenvalue weighted by Crippen LogP contribution is 2.32. The van der Waals surface area contributed by atoms with Gasteiger partial charge in [0.05, 0.1) is 0 Å². The Morgan fingerprint density at radius 3 is 2.67 bits per heavy atom. The predicted molar refractivity (Wildman–Crippen MR) is 79.9 cm³/mol. The summed E-state index contributed by atoms with van der Waals surface area (Å²) >= 11 is 5.26. The molecular weight excluding hydrogens is 308 g/mol. The van der Waals surface area contributed by atoms with E-state index in [0.29, 0.717) is 0 Å². The van der Waals surface area contributed by atoms with Crippen molar-refractivity contribution in [2.75, 3.05) is 0 Å². The quantitative estimate of drug-likeness (QED) is 0.928. The summed E-state index contributed by atoms with van der Waals surface area (Å²) in [4.78, 5) is 6.47. The molecule has 0 aliphatic carbocycles. The van der Waals surface area contributed by atoms with E-state index in [1.807, 2.05) is 31.5 Å². The van der Waals surface area contributed by atoms with E-state index in [0.717, 1.165) is 10.9 Å². The van der Waals surface area contributed by atoms with Crippen molar-refractivity contribution in [1.29, 1.82) is 0 Å². The number of rotatable bonds is 4. The van der Waals surface area contributed by atoms with Crippen molar-refractivity contribution in [3.63, 3.8) is 0 Å². The average molecular weight is 323 g/mol. The number of hydrogen-bond donors (Lipinski definition) is 1. The third-order valence-corrected chi connectivity index (χ3v) is 4.05. The first-order chi connectivity index (χ1) is 8.65. The van der Waals surface area contributed by atoms with Crippen molar-refractivity contribution in [2.45, 2.75) is 29.2 Å². The Balaban J connectivity index is 2.27. The monoisotopic (exact) mass is 322 g/mol. The highest BCUT2D eigenvalue weighted by Gasteiger charge is 2.07. The standard InChI is InChI=1S/C14H15BrN2S/c1-10(16)8-11-2-3-12(15)9-14(11)18-13-4-6-17-7-5-13/h2-7,9-10H,8,16H2,1H3. The van der Waals surface area contributed by atoms with Crippen LogP contribution in [0.15, 0.2) is 57.0 Å². The number of pyridine rings is 1. The molecule has 0 bridgehead atoms.